The van der Waals surface area contributed by atoms with Gasteiger partial charge in [-0.2, -0.15) is 11.8 Å². The van der Waals surface area contributed by atoms with E-state index in [1.165, 1.54) is 12.2 Å². The van der Waals surface area contributed by atoms with Gasteiger partial charge in [-0.25, -0.2) is 4.98 Å². The molecule has 0 aromatic carbocycles. The summed E-state index contributed by atoms with van der Waals surface area (Å²) < 4.78 is 0.410. The summed E-state index contributed by atoms with van der Waals surface area (Å²) >= 11 is 8.17. The van der Waals surface area contributed by atoms with Gasteiger partial charge in [0.15, 0.2) is 0 Å². The molecule has 0 spiro atoms. The van der Waals surface area contributed by atoms with Gasteiger partial charge in [0.2, 0.25) is 0 Å². The highest BCUT2D eigenvalue weighted by Gasteiger charge is 2.23. The smallest absolute Gasteiger partial charge is 0.133 e. The molecule has 0 unspecified atom stereocenters. The van der Waals surface area contributed by atoms with Crippen molar-refractivity contribution in [2.24, 2.45) is 0 Å². The Morgan fingerprint density at radius 3 is 3.06 bits per heavy atom. The summed E-state index contributed by atoms with van der Waals surface area (Å²) in [6.07, 6.45) is 2.97. The van der Waals surface area contributed by atoms with Crippen LogP contribution in [0.4, 0.5) is 0 Å². The van der Waals surface area contributed by atoms with Crippen molar-refractivity contribution in [3.63, 3.8) is 0 Å². The van der Waals surface area contributed by atoms with Gasteiger partial charge in [0.1, 0.15) is 5.15 Å². The van der Waals surface area contributed by atoms with E-state index in [-0.39, 0.29) is 0 Å². The minimum atomic E-state index is 0.410. The molecule has 1 saturated heterocycles. The van der Waals surface area contributed by atoms with Crippen molar-refractivity contribution in [2.45, 2.75) is 31.6 Å². The third-order valence-electron chi connectivity index (χ3n) is 3.16. The molecule has 0 amide bonds. The molecule has 94 valence electrons. The lowest BCUT2D eigenvalue weighted by atomic mass is 10.1. The molecule has 2 nitrogen and oxygen atoms in total. The van der Waals surface area contributed by atoms with Crippen LogP contribution in [0, 0.1) is 0 Å². The van der Waals surface area contributed by atoms with Gasteiger partial charge in [-0.3, -0.25) is 4.90 Å². The second-order valence-electron chi connectivity index (χ2n) is 5.09. The van der Waals surface area contributed by atoms with Gasteiger partial charge in [0.25, 0.3) is 0 Å². The van der Waals surface area contributed by atoms with Gasteiger partial charge in [-0.1, -0.05) is 31.5 Å². The zero-order valence-electron chi connectivity index (χ0n) is 10.4. The minimum absolute atomic E-state index is 0.410. The first-order valence-corrected chi connectivity index (χ1v) is 7.39. The maximum atomic E-state index is 6.10. The predicted octanol–water partition coefficient (Wildman–Crippen LogP) is 3.45. The molecule has 1 aliphatic heterocycles. The number of hydrogen-bond donors (Lipinski definition) is 0. The fraction of sp³-hybridized carbons (Fsp3) is 0.615. The van der Waals surface area contributed by atoms with E-state index >= 15 is 0 Å². The molecular weight excluding hydrogens is 252 g/mol. The Bertz CT molecular complexity index is 381. The Hall–Kier alpha value is -0.250. The maximum Gasteiger partial charge on any atom is 0.133 e. The average molecular weight is 271 g/mol. The Morgan fingerprint density at radius 2 is 2.29 bits per heavy atom. The Kier molecular flexibility index (Phi) is 4.34. The van der Waals surface area contributed by atoms with Crippen molar-refractivity contribution < 1.29 is 0 Å². The minimum Gasteiger partial charge on any atom is -0.298 e. The molecule has 0 saturated carbocycles. The van der Waals surface area contributed by atoms with E-state index < -0.39 is 0 Å². The zero-order valence-corrected chi connectivity index (χ0v) is 12.0. The van der Waals surface area contributed by atoms with E-state index in [4.69, 9.17) is 11.6 Å². The van der Waals surface area contributed by atoms with Gasteiger partial charge in [-0.05, 0) is 19.0 Å². The van der Waals surface area contributed by atoms with E-state index in [1.807, 2.05) is 6.07 Å². The summed E-state index contributed by atoms with van der Waals surface area (Å²) in [6, 6.07) is 4.02. The molecule has 1 aromatic rings. The summed E-state index contributed by atoms with van der Waals surface area (Å²) in [5, 5.41) is 0.642. The third-order valence-corrected chi connectivity index (χ3v) is 4.87. The second kappa shape index (κ2) is 5.59. The van der Waals surface area contributed by atoms with E-state index in [9.17, 15) is 0 Å². The van der Waals surface area contributed by atoms with Crippen molar-refractivity contribution in [1.82, 2.24) is 9.88 Å². The summed E-state index contributed by atoms with van der Waals surface area (Å²) in [5.74, 6) is 1.20. The number of aromatic nitrogens is 1. The molecule has 1 aromatic heterocycles. The fourth-order valence-corrected chi connectivity index (χ4v) is 3.32. The van der Waals surface area contributed by atoms with Crippen molar-refractivity contribution in [2.75, 3.05) is 18.8 Å². The van der Waals surface area contributed by atoms with Crippen LogP contribution in [0.5, 0.6) is 0 Å². The predicted molar refractivity (Wildman–Crippen MR) is 75.7 cm³/mol. The summed E-state index contributed by atoms with van der Waals surface area (Å²) in [5.41, 5.74) is 1.14. The summed E-state index contributed by atoms with van der Waals surface area (Å²) in [7, 11) is 0. The molecule has 2 rings (SSSR count). The molecule has 0 radical (unpaired) electrons. The lowest BCUT2D eigenvalue weighted by Crippen LogP contribution is -2.27. The van der Waals surface area contributed by atoms with Crippen molar-refractivity contribution in [3.8, 4) is 0 Å². The average Bonchev–Trinajstić information content (AvgIpc) is 2.44. The molecule has 0 atom stereocenters. The topological polar surface area (TPSA) is 16.1 Å². The van der Waals surface area contributed by atoms with Gasteiger partial charge in [0.05, 0.1) is 0 Å². The number of thioether (sulfide) groups is 1. The summed E-state index contributed by atoms with van der Waals surface area (Å²) in [4.78, 5) is 6.61. The molecule has 0 aliphatic carbocycles. The molecule has 17 heavy (non-hydrogen) atoms. The zero-order chi connectivity index (χ0) is 12.3. The van der Waals surface area contributed by atoms with Crippen LogP contribution in [0.1, 0.15) is 25.8 Å². The van der Waals surface area contributed by atoms with E-state index in [0.29, 0.717) is 9.90 Å². The normalized spacial score (nSPS) is 21.1. The number of halogens is 1. The first-order valence-electron chi connectivity index (χ1n) is 6.02. The Labute approximate surface area is 113 Å². The number of rotatable bonds is 2. The van der Waals surface area contributed by atoms with E-state index in [0.717, 1.165) is 25.2 Å². The highest BCUT2D eigenvalue weighted by Crippen LogP contribution is 2.31. The lowest BCUT2D eigenvalue weighted by Gasteiger charge is -2.22. The first-order chi connectivity index (χ1) is 8.07. The second-order valence-corrected chi connectivity index (χ2v) is 7.25. The first kappa shape index (κ1) is 13.2. The number of hydrogen-bond acceptors (Lipinski definition) is 3. The highest BCUT2D eigenvalue weighted by molar-refractivity contribution is 8.00. The molecule has 4 heteroatoms. The van der Waals surface area contributed by atoms with Crippen LogP contribution in [0.25, 0.3) is 0 Å². The van der Waals surface area contributed by atoms with Crippen LogP contribution in [-0.4, -0.2) is 33.5 Å². The highest BCUT2D eigenvalue weighted by atomic mass is 35.5. The van der Waals surface area contributed by atoms with Crippen molar-refractivity contribution in [1.29, 1.82) is 0 Å². The summed E-state index contributed by atoms with van der Waals surface area (Å²) in [6.45, 7) is 7.87. The SMILES string of the molecule is CC1(C)CCN(Cc2cccnc2Cl)CCS1. The van der Waals surface area contributed by atoms with Crippen LogP contribution in [0.15, 0.2) is 18.3 Å². The van der Waals surface area contributed by atoms with Gasteiger partial charge < -0.3 is 0 Å². The standard InChI is InChI=1S/C13H19ClN2S/c1-13(2)5-7-16(8-9-17-13)10-11-4-3-6-15-12(11)14/h3-4,6H,5,7-10H2,1-2H3. The third kappa shape index (κ3) is 3.87. The molecule has 1 aliphatic rings. The number of pyridine rings is 1. The van der Waals surface area contributed by atoms with Gasteiger partial charge in [0, 0.05) is 35.3 Å². The van der Waals surface area contributed by atoms with E-state index in [1.54, 1.807) is 6.20 Å². The van der Waals surface area contributed by atoms with Crippen LogP contribution >= 0.6 is 23.4 Å². The molecule has 0 N–H and O–H groups in total. The number of nitrogens with zero attached hydrogens (tertiary/aromatic N) is 2. The Morgan fingerprint density at radius 1 is 1.47 bits per heavy atom. The Balaban J connectivity index is 1.98. The molecular formula is C13H19ClN2S. The largest absolute Gasteiger partial charge is 0.298 e. The van der Waals surface area contributed by atoms with Crippen molar-refractivity contribution in [3.05, 3.63) is 29.0 Å². The van der Waals surface area contributed by atoms with Crippen LogP contribution in [0.3, 0.4) is 0 Å². The maximum absolute atomic E-state index is 6.10. The van der Waals surface area contributed by atoms with Crippen molar-refractivity contribution >= 4 is 23.4 Å². The molecule has 0 bridgehead atoms. The lowest BCUT2D eigenvalue weighted by molar-refractivity contribution is 0.276. The van der Waals surface area contributed by atoms with Gasteiger partial charge in [-0.15, -0.1) is 0 Å². The monoisotopic (exact) mass is 270 g/mol. The van der Waals surface area contributed by atoms with Crippen LogP contribution in [-0.2, 0) is 6.54 Å². The molecule has 1 fully saturated rings. The quantitative estimate of drug-likeness (QED) is 0.766. The fourth-order valence-electron chi connectivity index (χ4n) is 2.00. The van der Waals surface area contributed by atoms with Gasteiger partial charge >= 0.3 is 0 Å². The van der Waals surface area contributed by atoms with Crippen LogP contribution in [0.2, 0.25) is 5.15 Å². The van der Waals surface area contributed by atoms with E-state index in [2.05, 4.69) is 41.6 Å². The molecule has 2 heterocycles. The van der Waals surface area contributed by atoms with Crippen LogP contribution < -0.4 is 0 Å².